The third-order valence-electron chi connectivity index (χ3n) is 4.67. The van der Waals surface area contributed by atoms with Gasteiger partial charge in [0.2, 0.25) is 5.91 Å². The molecule has 2 amide bonds. The van der Waals surface area contributed by atoms with Gasteiger partial charge in [0, 0.05) is 39.8 Å². The summed E-state index contributed by atoms with van der Waals surface area (Å²) in [7, 11) is 5.41. The summed E-state index contributed by atoms with van der Waals surface area (Å²) in [6.07, 6.45) is 2.12. The molecule has 1 aromatic carbocycles. The van der Waals surface area contributed by atoms with Crippen LogP contribution in [0.2, 0.25) is 0 Å². The molecule has 2 rings (SSSR count). The van der Waals surface area contributed by atoms with Crippen LogP contribution in [-0.2, 0) is 4.79 Å². The van der Waals surface area contributed by atoms with Gasteiger partial charge in [0.05, 0.1) is 18.2 Å². The molecule has 1 aliphatic rings. The summed E-state index contributed by atoms with van der Waals surface area (Å²) in [5.41, 5.74) is 1.44. The molecule has 0 spiro atoms. The maximum Gasteiger partial charge on any atom is 0.253 e. The van der Waals surface area contributed by atoms with Crippen molar-refractivity contribution in [3.8, 4) is 5.75 Å². The number of carbonyl (C=O) groups is 2. The van der Waals surface area contributed by atoms with E-state index >= 15 is 0 Å². The zero-order chi connectivity index (χ0) is 20.1. The molecule has 1 heterocycles. The van der Waals surface area contributed by atoms with Gasteiger partial charge >= 0.3 is 0 Å². The lowest BCUT2D eigenvalue weighted by Gasteiger charge is -2.37. The highest BCUT2D eigenvalue weighted by Crippen LogP contribution is 2.34. The fourth-order valence-electron chi connectivity index (χ4n) is 3.20. The Labute approximate surface area is 162 Å². The van der Waals surface area contributed by atoms with E-state index in [0.29, 0.717) is 37.6 Å². The average molecular weight is 373 g/mol. The highest BCUT2D eigenvalue weighted by atomic mass is 16.5. The summed E-state index contributed by atoms with van der Waals surface area (Å²) in [6, 6.07) is 5.36. The lowest BCUT2D eigenvalue weighted by atomic mass is 10.1. The zero-order valence-electron chi connectivity index (χ0n) is 17.1. The largest absolute Gasteiger partial charge is 0.489 e. The van der Waals surface area contributed by atoms with Gasteiger partial charge in [0.1, 0.15) is 12.4 Å². The molecular weight excluding hydrogens is 342 g/mol. The summed E-state index contributed by atoms with van der Waals surface area (Å²) >= 11 is 0. The normalized spacial score (nSPS) is 15.8. The second-order valence-electron chi connectivity index (χ2n) is 7.64. The lowest BCUT2D eigenvalue weighted by Crippen LogP contribution is -2.45. The van der Waals surface area contributed by atoms with E-state index in [1.165, 1.54) is 0 Å². The minimum absolute atomic E-state index is 0.0570. The number of hydrogen-bond acceptors (Lipinski definition) is 4. The van der Waals surface area contributed by atoms with Crippen molar-refractivity contribution in [2.75, 3.05) is 45.7 Å². The van der Waals surface area contributed by atoms with Gasteiger partial charge in [-0.1, -0.05) is 19.9 Å². The summed E-state index contributed by atoms with van der Waals surface area (Å²) in [4.78, 5) is 30.5. The van der Waals surface area contributed by atoms with E-state index in [2.05, 4.69) is 20.4 Å². The van der Waals surface area contributed by atoms with Crippen LogP contribution in [0.4, 0.5) is 5.69 Å². The van der Waals surface area contributed by atoms with Crippen molar-refractivity contribution in [3.05, 3.63) is 36.4 Å². The Morgan fingerprint density at radius 1 is 1.37 bits per heavy atom. The van der Waals surface area contributed by atoms with Crippen molar-refractivity contribution in [1.82, 2.24) is 9.80 Å². The third-order valence-corrected chi connectivity index (χ3v) is 4.67. The molecule has 148 valence electrons. The van der Waals surface area contributed by atoms with Gasteiger partial charge in [0.15, 0.2) is 0 Å². The van der Waals surface area contributed by atoms with Crippen molar-refractivity contribution < 1.29 is 14.3 Å². The van der Waals surface area contributed by atoms with Gasteiger partial charge in [-0.15, -0.1) is 6.58 Å². The molecule has 1 aliphatic heterocycles. The van der Waals surface area contributed by atoms with Crippen LogP contribution in [-0.4, -0.2) is 68.5 Å². The van der Waals surface area contributed by atoms with E-state index in [-0.39, 0.29) is 17.9 Å². The molecule has 1 aromatic rings. The number of amides is 2. The Kier molecular flexibility index (Phi) is 6.88. The maximum atomic E-state index is 12.8. The van der Waals surface area contributed by atoms with Crippen molar-refractivity contribution in [1.29, 1.82) is 0 Å². The van der Waals surface area contributed by atoms with Crippen molar-refractivity contribution in [2.24, 2.45) is 5.92 Å². The van der Waals surface area contributed by atoms with E-state index in [1.807, 2.05) is 29.0 Å². The summed E-state index contributed by atoms with van der Waals surface area (Å²) in [6.45, 7) is 9.65. The maximum absolute atomic E-state index is 12.8. The molecule has 0 radical (unpaired) electrons. The zero-order valence-corrected chi connectivity index (χ0v) is 17.1. The van der Waals surface area contributed by atoms with Gasteiger partial charge in [0.25, 0.3) is 5.91 Å². The number of fused-ring (bicyclic) bond motifs is 1. The van der Waals surface area contributed by atoms with Gasteiger partial charge in [-0.25, -0.2) is 0 Å². The second kappa shape index (κ2) is 8.93. The van der Waals surface area contributed by atoms with Crippen molar-refractivity contribution in [2.45, 2.75) is 26.3 Å². The van der Waals surface area contributed by atoms with Crippen LogP contribution in [0.15, 0.2) is 30.9 Å². The predicted molar refractivity (Wildman–Crippen MR) is 108 cm³/mol. The standard InChI is InChI=1S/C21H31N3O3/c1-7-10-24(13-15(2)3)20(25)12-17-14-27-19-9-8-16(21(26)22(4)5)11-18(19)23(17)6/h7-9,11,15,17H,1,10,12-14H2,2-6H3/t17-/m0/s1. The number of benzene rings is 1. The van der Waals surface area contributed by atoms with E-state index < -0.39 is 0 Å². The molecular formula is C21H31N3O3. The molecule has 27 heavy (non-hydrogen) atoms. The molecule has 0 aliphatic carbocycles. The minimum Gasteiger partial charge on any atom is -0.489 e. The molecule has 0 saturated heterocycles. The summed E-state index contributed by atoms with van der Waals surface area (Å²) in [5, 5.41) is 0. The Morgan fingerprint density at radius 3 is 2.67 bits per heavy atom. The molecule has 0 saturated carbocycles. The van der Waals surface area contributed by atoms with Gasteiger partial charge in [-0.2, -0.15) is 0 Å². The number of rotatable bonds is 7. The van der Waals surface area contributed by atoms with E-state index in [0.717, 1.165) is 11.4 Å². The van der Waals surface area contributed by atoms with Crippen LogP contribution in [0, 0.1) is 5.92 Å². The molecule has 1 atom stereocenters. The molecule has 6 nitrogen and oxygen atoms in total. The highest BCUT2D eigenvalue weighted by Gasteiger charge is 2.29. The number of hydrogen-bond donors (Lipinski definition) is 0. The molecule has 0 fully saturated rings. The van der Waals surface area contributed by atoms with Crippen LogP contribution < -0.4 is 9.64 Å². The van der Waals surface area contributed by atoms with Crippen molar-refractivity contribution in [3.63, 3.8) is 0 Å². The Hall–Kier alpha value is -2.50. The summed E-state index contributed by atoms with van der Waals surface area (Å²) in [5.74, 6) is 1.17. The fourth-order valence-corrected chi connectivity index (χ4v) is 3.20. The topological polar surface area (TPSA) is 53.1 Å². The van der Waals surface area contributed by atoms with Crippen LogP contribution in [0.25, 0.3) is 0 Å². The minimum atomic E-state index is -0.0748. The number of ether oxygens (including phenoxy) is 1. The molecule has 0 aromatic heterocycles. The Morgan fingerprint density at radius 2 is 2.07 bits per heavy atom. The van der Waals surface area contributed by atoms with Gasteiger partial charge < -0.3 is 19.4 Å². The van der Waals surface area contributed by atoms with Crippen LogP contribution in [0.5, 0.6) is 5.75 Å². The fraction of sp³-hybridized carbons (Fsp3) is 0.524. The quantitative estimate of drug-likeness (QED) is 0.690. The number of nitrogens with zero attached hydrogens (tertiary/aromatic N) is 3. The van der Waals surface area contributed by atoms with Gasteiger partial charge in [-0.05, 0) is 24.1 Å². The first-order valence-corrected chi connectivity index (χ1v) is 9.34. The van der Waals surface area contributed by atoms with Crippen LogP contribution in [0.1, 0.15) is 30.6 Å². The highest BCUT2D eigenvalue weighted by molar-refractivity contribution is 5.95. The smallest absolute Gasteiger partial charge is 0.253 e. The van der Waals surface area contributed by atoms with E-state index in [4.69, 9.17) is 4.74 Å². The SMILES string of the molecule is C=CCN(CC(C)C)C(=O)C[C@H]1COc2ccc(C(=O)N(C)C)cc2N1C. The first-order valence-electron chi connectivity index (χ1n) is 9.34. The molecule has 0 unspecified atom stereocenters. The van der Waals surface area contributed by atoms with E-state index in [9.17, 15) is 9.59 Å². The van der Waals surface area contributed by atoms with Gasteiger partial charge in [-0.3, -0.25) is 9.59 Å². The first-order chi connectivity index (χ1) is 12.7. The second-order valence-corrected chi connectivity index (χ2v) is 7.64. The first kappa shape index (κ1) is 20.8. The van der Waals surface area contributed by atoms with Crippen LogP contribution >= 0.6 is 0 Å². The monoisotopic (exact) mass is 373 g/mol. The molecule has 0 N–H and O–H groups in total. The van der Waals surface area contributed by atoms with Crippen LogP contribution in [0.3, 0.4) is 0 Å². The molecule has 6 heteroatoms. The average Bonchev–Trinajstić information content (AvgIpc) is 2.62. The third kappa shape index (κ3) is 5.02. The number of anilines is 1. The number of carbonyl (C=O) groups excluding carboxylic acids is 2. The Balaban J connectivity index is 2.16. The lowest BCUT2D eigenvalue weighted by molar-refractivity contribution is -0.131. The molecule has 0 bridgehead atoms. The Bertz CT molecular complexity index is 700. The number of likely N-dealkylation sites (N-methyl/N-ethyl adjacent to an activating group) is 1. The predicted octanol–water partition coefficient (Wildman–Crippen LogP) is 2.65. The van der Waals surface area contributed by atoms with E-state index in [1.54, 1.807) is 31.1 Å². The summed E-state index contributed by atoms with van der Waals surface area (Å²) < 4.78 is 5.87. The van der Waals surface area contributed by atoms with Crippen molar-refractivity contribution >= 4 is 17.5 Å².